The predicted molar refractivity (Wildman–Crippen MR) is 281 cm³/mol. The van der Waals surface area contributed by atoms with Gasteiger partial charge in [-0.15, -0.1) is 0 Å². The zero-order chi connectivity index (χ0) is 60.8. The highest BCUT2D eigenvalue weighted by Crippen LogP contribution is 2.70. The Morgan fingerprint density at radius 1 is 0.560 bits per heavy atom. The van der Waals surface area contributed by atoms with Crippen molar-refractivity contribution in [3.8, 4) is 0 Å². The van der Waals surface area contributed by atoms with Gasteiger partial charge >= 0.3 is 0 Å². The number of hydrogen-bond acceptors (Lipinski definition) is 27. The van der Waals surface area contributed by atoms with E-state index in [2.05, 4.69) is 26.8 Å². The smallest absolute Gasteiger partial charge is 0.187 e. The Morgan fingerprint density at radius 3 is 1.73 bits per heavy atom. The number of fused-ring (bicyclic) bond motifs is 7. The lowest BCUT2D eigenvalue weighted by atomic mass is 9.47. The topological polar surface area (TPSA) is 425 Å². The van der Waals surface area contributed by atoms with Crippen molar-refractivity contribution in [2.24, 2.45) is 46.3 Å². The van der Waals surface area contributed by atoms with E-state index in [0.717, 1.165) is 25.7 Å². The van der Waals surface area contributed by atoms with Crippen molar-refractivity contribution in [2.45, 2.75) is 271 Å². The van der Waals surface area contributed by atoms with Gasteiger partial charge in [-0.05, 0) is 106 Å². The van der Waals surface area contributed by atoms with E-state index in [1.54, 1.807) is 0 Å². The molecule has 0 amide bonds. The van der Waals surface area contributed by atoms with Crippen LogP contribution in [0, 0.1) is 46.3 Å². The molecule has 84 heavy (non-hydrogen) atoms. The molecule has 9 fully saturated rings. The number of rotatable bonds is 17. The molecule has 0 aromatic heterocycles. The van der Waals surface area contributed by atoms with Crippen molar-refractivity contribution in [1.29, 1.82) is 0 Å². The summed E-state index contributed by atoms with van der Waals surface area (Å²) in [5, 5.41) is 172. The maximum atomic E-state index is 12.4. The maximum absolute atomic E-state index is 12.4. The van der Waals surface area contributed by atoms with E-state index in [0.29, 0.717) is 49.9 Å². The molecular formula is C57H94O27. The van der Waals surface area contributed by atoms with Gasteiger partial charge in [-0.3, -0.25) is 0 Å². The van der Waals surface area contributed by atoms with E-state index in [1.807, 2.05) is 6.92 Å². The van der Waals surface area contributed by atoms with Crippen LogP contribution in [0.5, 0.6) is 0 Å². The molecule has 484 valence electrons. The second-order valence-electron chi connectivity index (χ2n) is 26.6. The quantitative estimate of drug-likeness (QED) is 0.0615. The Morgan fingerprint density at radius 2 is 1.08 bits per heavy atom. The van der Waals surface area contributed by atoms with Crippen LogP contribution in [-0.4, -0.2) is 280 Å². The van der Waals surface area contributed by atoms with E-state index >= 15 is 0 Å². The van der Waals surface area contributed by atoms with Crippen LogP contribution in [0.15, 0.2) is 11.6 Å². The Hall–Kier alpha value is -1.34. The van der Waals surface area contributed by atoms with Gasteiger partial charge < -0.3 is 134 Å². The van der Waals surface area contributed by atoms with E-state index in [-0.39, 0.29) is 41.3 Å². The second kappa shape index (κ2) is 25.7. The molecule has 27 nitrogen and oxygen atoms in total. The predicted octanol–water partition coefficient (Wildman–Crippen LogP) is -4.16. The van der Waals surface area contributed by atoms with Crippen molar-refractivity contribution in [2.75, 3.05) is 26.4 Å². The summed E-state index contributed by atoms with van der Waals surface area (Å²) in [7, 11) is 0. The van der Waals surface area contributed by atoms with Gasteiger partial charge in [-0.2, -0.15) is 0 Å². The summed E-state index contributed by atoms with van der Waals surface area (Å²) in [6, 6.07) is 0. The average Bonchev–Trinajstić information content (AvgIpc) is 1.54. The summed E-state index contributed by atoms with van der Waals surface area (Å²) in [5.41, 5.74) is 0.876. The fourth-order valence-corrected chi connectivity index (χ4v) is 16.4. The van der Waals surface area contributed by atoms with Gasteiger partial charge in [0.2, 0.25) is 0 Å². The third kappa shape index (κ3) is 11.9. The fourth-order valence-electron chi connectivity index (χ4n) is 16.4. The number of aliphatic hydroxyl groups is 16. The second-order valence-corrected chi connectivity index (χ2v) is 26.6. The van der Waals surface area contributed by atoms with E-state index < -0.39 is 185 Å². The SMILES string of the molecule is CC(CCC1(O)OC2CC3C4CC=C5CC(OC6OC(CO)C(OC7OC(C)C(O)C(O)C7O)C(O)C6OC6OC(C)C(O)C(O)C6OC6OC(CO)C(O)C(O)C6O)CCC5(C)C4CCC3(C)C2C1C)COC1OC(CO)C(O)C(O)C1O. The molecule has 36 atom stereocenters. The van der Waals surface area contributed by atoms with Gasteiger partial charge in [0, 0.05) is 12.3 Å². The van der Waals surface area contributed by atoms with Crippen LogP contribution in [0.1, 0.15) is 99.3 Å². The van der Waals surface area contributed by atoms with E-state index in [9.17, 15) is 81.7 Å². The van der Waals surface area contributed by atoms with Gasteiger partial charge in [0.25, 0.3) is 0 Å². The lowest BCUT2D eigenvalue weighted by Gasteiger charge is -2.58. The molecule has 0 aromatic rings. The summed E-state index contributed by atoms with van der Waals surface area (Å²) < 4.78 is 67.1. The molecule has 0 aromatic carbocycles. The van der Waals surface area contributed by atoms with Gasteiger partial charge in [0.1, 0.15) is 110 Å². The van der Waals surface area contributed by atoms with Gasteiger partial charge in [0.15, 0.2) is 37.2 Å². The minimum Gasteiger partial charge on any atom is -0.394 e. The molecule has 10 aliphatic rings. The van der Waals surface area contributed by atoms with Gasteiger partial charge in [-0.1, -0.05) is 39.3 Å². The first-order valence-corrected chi connectivity index (χ1v) is 30.3. The first kappa shape index (κ1) is 65.6. The van der Waals surface area contributed by atoms with Crippen molar-refractivity contribution in [1.82, 2.24) is 0 Å². The highest BCUT2D eigenvalue weighted by molar-refractivity contribution is 5.26. The molecule has 3 saturated carbocycles. The van der Waals surface area contributed by atoms with Gasteiger partial charge in [-0.25, -0.2) is 0 Å². The molecule has 6 aliphatic heterocycles. The van der Waals surface area contributed by atoms with Crippen LogP contribution in [-0.2, 0) is 52.1 Å². The van der Waals surface area contributed by atoms with Crippen LogP contribution in [0.25, 0.3) is 0 Å². The lowest BCUT2D eigenvalue weighted by Crippen LogP contribution is -2.67. The highest BCUT2D eigenvalue weighted by Gasteiger charge is 2.68. The van der Waals surface area contributed by atoms with E-state index in [1.165, 1.54) is 19.4 Å². The molecule has 4 aliphatic carbocycles. The maximum Gasteiger partial charge on any atom is 0.187 e. The monoisotopic (exact) mass is 1210 g/mol. The molecule has 16 N–H and O–H groups in total. The number of hydrogen-bond donors (Lipinski definition) is 16. The molecule has 6 saturated heterocycles. The summed E-state index contributed by atoms with van der Waals surface area (Å²) in [5.74, 6) is -0.557. The molecule has 10 rings (SSSR count). The van der Waals surface area contributed by atoms with Gasteiger partial charge in [0.05, 0.1) is 50.8 Å². The fraction of sp³-hybridized carbons (Fsp3) is 0.965. The zero-order valence-electron chi connectivity index (χ0n) is 48.5. The van der Waals surface area contributed by atoms with Crippen molar-refractivity contribution in [3.05, 3.63) is 11.6 Å². The zero-order valence-corrected chi connectivity index (χ0v) is 48.5. The van der Waals surface area contributed by atoms with Crippen molar-refractivity contribution in [3.63, 3.8) is 0 Å². The Labute approximate surface area is 487 Å². The molecule has 6 heterocycles. The third-order valence-corrected chi connectivity index (χ3v) is 21.6. The Bertz CT molecular complexity index is 2220. The molecule has 27 heteroatoms. The number of ether oxygens (including phenoxy) is 11. The van der Waals surface area contributed by atoms with Crippen LogP contribution >= 0.6 is 0 Å². The van der Waals surface area contributed by atoms with Crippen molar-refractivity contribution < 1.29 is 134 Å². The molecule has 0 spiro atoms. The summed E-state index contributed by atoms with van der Waals surface area (Å²) in [4.78, 5) is 0. The molecule has 0 bridgehead atoms. The standard InChI is InChI=1S/C57H94O27/c1-21(20-74-50-43(69)40(66)37(63)31(17-58)78-50)9-14-57(73)22(2)34-30(84-57)16-29-27-8-7-25-15-26(10-12-55(25,5)28(27)11-13-56(29,34)6)77-54-49(46(72)47(33(19-60)80-54)81-51-44(70)39(65)35(61)23(3)75-51)83-53-48(42(68)36(62)24(4)76-53)82-52-45(71)41(67)38(64)32(18-59)79-52/h7,21-24,26-54,58-73H,8-20H2,1-6H3. The van der Waals surface area contributed by atoms with Crippen LogP contribution < -0.4 is 0 Å². The third-order valence-electron chi connectivity index (χ3n) is 21.6. The normalized spacial score (nSPS) is 55.3. The molecular weight excluding hydrogens is 1120 g/mol. The summed E-state index contributed by atoms with van der Waals surface area (Å²) >= 11 is 0. The van der Waals surface area contributed by atoms with Crippen LogP contribution in [0.3, 0.4) is 0 Å². The Kier molecular flexibility index (Phi) is 20.1. The Balaban J connectivity index is 0.827. The average molecular weight is 1210 g/mol. The largest absolute Gasteiger partial charge is 0.394 e. The van der Waals surface area contributed by atoms with Crippen LogP contribution in [0.4, 0.5) is 0 Å². The molecule has 0 radical (unpaired) electrons. The van der Waals surface area contributed by atoms with Crippen molar-refractivity contribution >= 4 is 0 Å². The van der Waals surface area contributed by atoms with Crippen LogP contribution in [0.2, 0.25) is 0 Å². The summed E-state index contributed by atoms with van der Waals surface area (Å²) in [6.07, 6.45) is -31.9. The first-order valence-electron chi connectivity index (χ1n) is 30.3. The first-order chi connectivity index (χ1) is 39.7. The highest BCUT2D eigenvalue weighted by atomic mass is 16.8. The number of allylic oxidation sites excluding steroid dienone is 1. The lowest BCUT2D eigenvalue weighted by molar-refractivity contribution is -0.402. The minimum atomic E-state index is -1.94. The minimum absolute atomic E-state index is 0.105. The molecule has 36 unspecified atom stereocenters. The van der Waals surface area contributed by atoms with E-state index in [4.69, 9.17) is 52.1 Å². The number of aliphatic hydroxyl groups excluding tert-OH is 15. The summed E-state index contributed by atoms with van der Waals surface area (Å²) in [6.45, 7) is 9.57.